The number of hydrogen-bond donors (Lipinski definition) is 0. The SMILES string of the molecule is COCCCOc1cc(C=NCC(=O)O[C@@H](C)c2ccccc2)ccc1OC. The lowest BCUT2D eigenvalue weighted by Crippen LogP contribution is -2.11. The Hall–Kier alpha value is -2.86. The number of carbonyl (C=O) groups is 1. The van der Waals surface area contributed by atoms with E-state index in [1.165, 1.54) is 0 Å². The Morgan fingerprint density at radius 1 is 1.07 bits per heavy atom. The molecule has 0 saturated carbocycles. The summed E-state index contributed by atoms with van der Waals surface area (Å²) in [4.78, 5) is 16.2. The number of ether oxygens (including phenoxy) is 4. The van der Waals surface area contributed by atoms with Crippen LogP contribution in [-0.2, 0) is 14.3 Å². The molecule has 0 unspecified atom stereocenters. The molecular weight excluding hydrogens is 358 g/mol. The highest BCUT2D eigenvalue weighted by Crippen LogP contribution is 2.27. The molecule has 0 aromatic heterocycles. The topological polar surface area (TPSA) is 66.4 Å². The summed E-state index contributed by atoms with van der Waals surface area (Å²) < 4.78 is 21.5. The van der Waals surface area contributed by atoms with E-state index in [0.717, 1.165) is 17.5 Å². The molecule has 2 aromatic carbocycles. The molecule has 0 amide bonds. The lowest BCUT2D eigenvalue weighted by molar-refractivity contribution is -0.146. The Balaban J connectivity index is 1.89. The van der Waals surface area contributed by atoms with Crippen molar-refractivity contribution in [3.05, 3.63) is 59.7 Å². The van der Waals surface area contributed by atoms with Crippen LogP contribution in [0.5, 0.6) is 11.5 Å². The second-order valence-corrected chi connectivity index (χ2v) is 6.12. The molecule has 0 spiro atoms. The number of carbonyl (C=O) groups excluding carboxylic acids is 1. The van der Waals surface area contributed by atoms with Crippen molar-refractivity contribution in [2.45, 2.75) is 19.4 Å². The van der Waals surface area contributed by atoms with Gasteiger partial charge in [-0.25, -0.2) is 0 Å². The minimum Gasteiger partial charge on any atom is -0.493 e. The predicted molar refractivity (Wildman–Crippen MR) is 108 cm³/mol. The molecule has 0 N–H and O–H groups in total. The van der Waals surface area contributed by atoms with Gasteiger partial charge in [-0.05, 0) is 36.2 Å². The first kappa shape index (κ1) is 21.4. The van der Waals surface area contributed by atoms with Crippen molar-refractivity contribution in [2.75, 3.05) is 34.0 Å². The van der Waals surface area contributed by atoms with E-state index in [2.05, 4.69) is 4.99 Å². The fourth-order valence-corrected chi connectivity index (χ4v) is 2.52. The van der Waals surface area contributed by atoms with Crippen LogP contribution < -0.4 is 9.47 Å². The van der Waals surface area contributed by atoms with Crippen molar-refractivity contribution in [3.63, 3.8) is 0 Å². The molecule has 6 heteroatoms. The molecule has 2 aromatic rings. The molecular formula is C22H27NO5. The van der Waals surface area contributed by atoms with Crippen LogP contribution in [0.4, 0.5) is 0 Å². The molecule has 150 valence electrons. The molecule has 0 aliphatic carbocycles. The first-order chi connectivity index (χ1) is 13.6. The molecule has 28 heavy (non-hydrogen) atoms. The maximum atomic E-state index is 12.0. The maximum Gasteiger partial charge on any atom is 0.328 e. The van der Waals surface area contributed by atoms with Crippen molar-refractivity contribution in [1.82, 2.24) is 0 Å². The van der Waals surface area contributed by atoms with Gasteiger partial charge in [0.25, 0.3) is 0 Å². The minimum absolute atomic E-state index is 0.0484. The van der Waals surface area contributed by atoms with Gasteiger partial charge in [-0.1, -0.05) is 30.3 Å². The fourth-order valence-electron chi connectivity index (χ4n) is 2.52. The molecule has 2 rings (SSSR count). The Bertz CT molecular complexity index is 761. The number of aliphatic imine (C=N–C) groups is 1. The van der Waals surface area contributed by atoms with Crippen molar-refractivity contribution < 1.29 is 23.7 Å². The van der Waals surface area contributed by atoms with Gasteiger partial charge in [-0.3, -0.25) is 9.79 Å². The van der Waals surface area contributed by atoms with E-state index in [0.29, 0.717) is 24.7 Å². The van der Waals surface area contributed by atoms with Crippen molar-refractivity contribution in [1.29, 1.82) is 0 Å². The smallest absolute Gasteiger partial charge is 0.328 e. The zero-order valence-electron chi connectivity index (χ0n) is 16.6. The number of nitrogens with zero attached hydrogens (tertiary/aromatic N) is 1. The van der Waals surface area contributed by atoms with E-state index in [1.807, 2.05) is 55.5 Å². The van der Waals surface area contributed by atoms with E-state index in [4.69, 9.17) is 18.9 Å². The third-order valence-electron chi connectivity index (χ3n) is 3.98. The summed E-state index contributed by atoms with van der Waals surface area (Å²) in [6.45, 7) is 2.95. The van der Waals surface area contributed by atoms with Crippen molar-refractivity contribution in [3.8, 4) is 11.5 Å². The predicted octanol–water partition coefficient (Wildman–Crippen LogP) is 3.83. The van der Waals surface area contributed by atoms with E-state index in [9.17, 15) is 4.79 Å². The van der Waals surface area contributed by atoms with E-state index < -0.39 is 0 Å². The highest BCUT2D eigenvalue weighted by atomic mass is 16.5. The summed E-state index contributed by atoms with van der Waals surface area (Å²) in [5.41, 5.74) is 1.76. The van der Waals surface area contributed by atoms with Gasteiger partial charge in [0, 0.05) is 26.4 Å². The molecule has 0 radical (unpaired) electrons. The Morgan fingerprint density at radius 2 is 1.86 bits per heavy atom. The molecule has 0 bridgehead atoms. The van der Waals surface area contributed by atoms with Crippen LogP contribution in [0, 0.1) is 0 Å². The lowest BCUT2D eigenvalue weighted by atomic mass is 10.1. The second-order valence-electron chi connectivity index (χ2n) is 6.12. The monoisotopic (exact) mass is 385 g/mol. The largest absolute Gasteiger partial charge is 0.493 e. The summed E-state index contributed by atoms with van der Waals surface area (Å²) in [6, 6.07) is 15.1. The average molecular weight is 385 g/mol. The van der Waals surface area contributed by atoms with E-state index in [1.54, 1.807) is 20.4 Å². The zero-order valence-corrected chi connectivity index (χ0v) is 16.6. The first-order valence-electron chi connectivity index (χ1n) is 9.18. The molecule has 0 saturated heterocycles. The number of benzene rings is 2. The van der Waals surface area contributed by atoms with Gasteiger partial charge >= 0.3 is 5.97 Å². The summed E-state index contributed by atoms with van der Waals surface area (Å²) in [6.07, 6.45) is 2.09. The van der Waals surface area contributed by atoms with Crippen molar-refractivity contribution >= 4 is 12.2 Å². The molecule has 0 heterocycles. The van der Waals surface area contributed by atoms with Crippen LogP contribution in [0.15, 0.2) is 53.5 Å². The normalized spacial score (nSPS) is 12.0. The highest BCUT2D eigenvalue weighted by Gasteiger charge is 2.10. The van der Waals surface area contributed by atoms with Crippen LogP contribution in [-0.4, -0.2) is 46.2 Å². The van der Waals surface area contributed by atoms with Crippen LogP contribution in [0.3, 0.4) is 0 Å². The highest BCUT2D eigenvalue weighted by molar-refractivity contribution is 5.83. The van der Waals surface area contributed by atoms with E-state index in [-0.39, 0.29) is 18.6 Å². The molecule has 1 atom stereocenters. The number of methoxy groups -OCH3 is 2. The standard InChI is InChI=1S/C22H27NO5/c1-17(19-8-5-4-6-9-19)28-22(24)16-23-15-18-10-11-20(26-3)21(14-18)27-13-7-12-25-2/h4-6,8-11,14-15,17H,7,12-13,16H2,1-3H3/t17-/m0/s1. The van der Waals surface area contributed by atoms with Gasteiger partial charge in [-0.2, -0.15) is 0 Å². The number of hydrogen-bond acceptors (Lipinski definition) is 6. The third-order valence-corrected chi connectivity index (χ3v) is 3.98. The maximum absolute atomic E-state index is 12.0. The molecule has 6 nitrogen and oxygen atoms in total. The molecule has 0 aliphatic heterocycles. The molecule has 0 aliphatic rings. The van der Waals surface area contributed by atoms with Gasteiger partial charge in [0.1, 0.15) is 12.6 Å². The van der Waals surface area contributed by atoms with Gasteiger partial charge in [0.05, 0.1) is 13.7 Å². The van der Waals surface area contributed by atoms with Gasteiger partial charge in [-0.15, -0.1) is 0 Å². The summed E-state index contributed by atoms with van der Waals surface area (Å²) in [5, 5.41) is 0. The average Bonchev–Trinajstić information content (AvgIpc) is 2.72. The van der Waals surface area contributed by atoms with Gasteiger partial charge in [0.15, 0.2) is 11.5 Å². The van der Waals surface area contributed by atoms with Gasteiger partial charge in [0.2, 0.25) is 0 Å². The van der Waals surface area contributed by atoms with E-state index >= 15 is 0 Å². The van der Waals surface area contributed by atoms with Crippen LogP contribution >= 0.6 is 0 Å². The first-order valence-corrected chi connectivity index (χ1v) is 9.18. The third kappa shape index (κ3) is 7.04. The second kappa shape index (κ2) is 11.8. The Kier molecular flexibility index (Phi) is 9.01. The Labute approximate surface area is 166 Å². The summed E-state index contributed by atoms with van der Waals surface area (Å²) in [7, 11) is 3.25. The van der Waals surface area contributed by atoms with Crippen molar-refractivity contribution in [2.24, 2.45) is 4.99 Å². The quantitative estimate of drug-likeness (QED) is 0.334. The van der Waals surface area contributed by atoms with Crippen LogP contribution in [0.2, 0.25) is 0 Å². The van der Waals surface area contributed by atoms with Crippen LogP contribution in [0.1, 0.15) is 30.6 Å². The minimum atomic E-state index is -0.378. The van der Waals surface area contributed by atoms with Gasteiger partial charge < -0.3 is 18.9 Å². The Morgan fingerprint density at radius 3 is 2.57 bits per heavy atom. The lowest BCUT2D eigenvalue weighted by Gasteiger charge is -2.12. The zero-order chi connectivity index (χ0) is 20.2. The summed E-state index contributed by atoms with van der Waals surface area (Å²) in [5.74, 6) is 0.894. The fraction of sp³-hybridized carbons (Fsp3) is 0.364. The summed E-state index contributed by atoms with van der Waals surface area (Å²) >= 11 is 0. The number of esters is 1. The molecule has 0 fully saturated rings. The van der Waals surface area contributed by atoms with Crippen LogP contribution in [0.25, 0.3) is 0 Å². The number of rotatable bonds is 11.